The summed E-state index contributed by atoms with van der Waals surface area (Å²) in [6.07, 6.45) is 0. The Balaban J connectivity index is 0.000000177. The number of methoxy groups -OCH3 is 2. The number of piperazine rings is 2. The first-order valence-electron chi connectivity index (χ1n) is 20.4. The summed E-state index contributed by atoms with van der Waals surface area (Å²) in [5.74, 6) is 3.12. The first-order chi connectivity index (χ1) is 29.7. The van der Waals surface area contributed by atoms with Crippen molar-refractivity contribution in [1.29, 1.82) is 0 Å². The molecule has 12 nitrogen and oxygen atoms in total. The number of hydrogen-bond acceptors (Lipinski definition) is 12. The number of benzene rings is 4. The van der Waals surface area contributed by atoms with E-state index in [1.54, 1.807) is 32.4 Å². The first-order valence-corrected chi connectivity index (χ1v) is 21.5. The highest BCUT2D eigenvalue weighted by Gasteiger charge is 2.19. The van der Waals surface area contributed by atoms with Gasteiger partial charge in [-0.15, -0.1) is 0 Å². The quantitative estimate of drug-likeness (QED) is 0.108. The maximum atomic E-state index is 6.28. The van der Waals surface area contributed by atoms with Crippen molar-refractivity contribution in [2.75, 3.05) is 95.2 Å². The summed E-state index contributed by atoms with van der Waals surface area (Å²) >= 11 is 18.5. The van der Waals surface area contributed by atoms with Crippen LogP contribution in [0.3, 0.4) is 0 Å². The third kappa shape index (κ3) is 13.4. The number of likely N-dealkylation sites (N-methyl/N-ethyl adjacent to an activating group) is 2. The van der Waals surface area contributed by atoms with Gasteiger partial charge in [0, 0.05) is 87.0 Å². The lowest BCUT2D eigenvalue weighted by Crippen LogP contribution is -2.46. The molecule has 4 heterocycles. The lowest BCUT2D eigenvalue weighted by atomic mass is 10.1. The Morgan fingerprint density at radius 3 is 1.49 bits per heavy atom. The van der Waals surface area contributed by atoms with Crippen LogP contribution in [0.2, 0.25) is 15.2 Å². The molecule has 0 spiro atoms. The zero-order chi connectivity index (χ0) is 43.0. The zero-order valence-electron chi connectivity index (χ0n) is 35.0. The van der Waals surface area contributed by atoms with Crippen LogP contribution in [-0.4, -0.2) is 109 Å². The van der Waals surface area contributed by atoms with Crippen LogP contribution < -0.4 is 30.3 Å². The number of nitrogens with zero attached hydrogens (tertiary/aromatic N) is 7. The van der Waals surface area contributed by atoms with Gasteiger partial charge in [0.05, 0.1) is 35.7 Å². The fourth-order valence-electron chi connectivity index (χ4n) is 6.71. The standard InChI is InChI=1S/C23H26ClN5O.C17H13Cl2N3O.C6H14N2/c1-3-28-11-13-29(14-12-28)22-16-20(17-7-5-4-6-8-17)26-23(27-22)25-18-9-10-21(30-2)19(24)15-18;1-23-15-8-7-12(9-13(15)18)20-17-21-14(10-16(19)22-17)11-5-3-2-4-6-11;1-2-8-5-3-7-4-6-8/h4-10,15-16H,3,11-14H2,1-2H3,(H,25,26,27);2-10H,1H3,(H,20,21,22);7H,2-6H2,1H3. The van der Waals surface area contributed by atoms with E-state index in [-0.39, 0.29) is 0 Å². The molecule has 0 saturated carbocycles. The van der Waals surface area contributed by atoms with Crippen LogP contribution in [0.25, 0.3) is 22.5 Å². The van der Waals surface area contributed by atoms with Crippen molar-refractivity contribution < 1.29 is 9.47 Å². The largest absolute Gasteiger partial charge is 0.495 e. The van der Waals surface area contributed by atoms with E-state index in [0.717, 1.165) is 72.4 Å². The summed E-state index contributed by atoms with van der Waals surface area (Å²) in [6.45, 7) is 15.5. The highest BCUT2D eigenvalue weighted by Crippen LogP contribution is 2.31. The highest BCUT2D eigenvalue weighted by atomic mass is 35.5. The Hall–Kier alpha value is -5.21. The monoisotopic (exact) mass is 882 g/mol. The number of halogens is 3. The van der Waals surface area contributed by atoms with E-state index < -0.39 is 0 Å². The van der Waals surface area contributed by atoms with Gasteiger partial charge in [-0.05, 0) is 49.5 Å². The molecule has 2 aliphatic heterocycles. The lowest BCUT2D eigenvalue weighted by molar-refractivity contribution is 0.253. The average Bonchev–Trinajstić information content (AvgIpc) is 3.30. The van der Waals surface area contributed by atoms with Gasteiger partial charge in [0.1, 0.15) is 22.5 Å². The van der Waals surface area contributed by atoms with Gasteiger partial charge in [0.15, 0.2) is 0 Å². The summed E-state index contributed by atoms with van der Waals surface area (Å²) in [6, 6.07) is 34.6. The molecule has 2 aliphatic rings. The van der Waals surface area contributed by atoms with E-state index in [0.29, 0.717) is 38.6 Å². The molecule has 2 aromatic heterocycles. The first kappa shape index (κ1) is 45.3. The van der Waals surface area contributed by atoms with Gasteiger partial charge in [-0.25, -0.2) is 15.0 Å². The molecular weight excluding hydrogens is 831 g/mol. The molecule has 2 fully saturated rings. The molecule has 2 saturated heterocycles. The summed E-state index contributed by atoms with van der Waals surface area (Å²) in [5, 5.41) is 11.1. The molecular formula is C46H53Cl3N10O2. The average molecular weight is 884 g/mol. The van der Waals surface area contributed by atoms with Gasteiger partial charge in [0.2, 0.25) is 11.9 Å². The SMILES string of the molecule is CCN1CCN(c2cc(-c3ccccc3)nc(Nc3ccc(OC)c(Cl)c3)n2)CC1.CCN1CCNCC1.COc1ccc(Nc2nc(Cl)cc(-c3ccccc3)n2)cc1Cl. The van der Waals surface area contributed by atoms with Crippen molar-refractivity contribution >= 4 is 63.9 Å². The van der Waals surface area contributed by atoms with E-state index in [2.05, 4.69) is 72.7 Å². The van der Waals surface area contributed by atoms with Gasteiger partial charge in [-0.3, -0.25) is 0 Å². The third-order valence-corrected chi connectivity index (χ3v) is 10.9. The van der Waals surface area contributed by atoms with Gasteiger partial charge in [-0.1, -0.05) is 109 Å². The van der Waals surface area contributed by atoms with Crippen LogP contribution in [0.1, 0.15) is 13.8 Å². The molecule has 15 heteroatoms. The zero-order valence-corrected chi connectivity index (χ0v) is 37.3. The molecule has 320 valence electrons. The van der Waals surface area contributed by atoms with Crippen LogP contribution in [0.4, 0.5) is 29.1 Å². The second-order valence-corrected chi connectivity index (χ2v) is 15.3. The lowest BCUT2D eigenvalue weighted by Gasteiger charge is -2.35. The van der Waals surface area contributed by atoms with E-state index in [1.165, 1.54) is 32.7 Å². The van der Waals surface area contributed by atoms with Gasteiger partial charge < -0.3 is 40.1 Å². The Labute approximate surface area is 374 Å². The molecule has 3 N–H and O–H groups in total. The van der Waals surface area contributed by atoms with Crippen LogP contribution in [-0.2, 0) is 0 Å². The number of aromatic nitrogens is 4. The third-order valence-electron chi connectivity index (χ3n) is 10.2. The minimum absolute atomic E-state index is 0.362. The topological polar surface area (TPSA) is 116 Å². The Morgan fingerprint density at radius 2 is 1.03 bits per heavy atom. The van der Waals surface area contributed by atoms with E-state index in [9.17, 15) is 0 Å². The molecule has 61 heavy (non-hydrogen) atoms. The summed E-state index contributed by atoms with van der Waals surface area (Å²) in [5.41, 5.74) is 5.22. The maximum absolute atomic E-state index is 6.28. The fourth-order valence-corrected chi connectivity index (χ4v) is 7.41. The van der Waals surface area contributed by atoms with Crippen LogP contribution in [0.15, 0.2) is 109 Å². The number of hydrogen-bond donors (Lipinski definition) is 3. The predicted octanol–water partition coefficient (Wildman–Crippen LogP) is 9.81. The normalized spacial score (nSPS) is 14.2. The van der Waals surface area contributed by atoms with E-state index in [1.807, 2.05) is 72.8 Å². The predicted molar refractivity (Wildman–Crippen MR) is 252 cm³/mol. The summed E-state index contributed by atoms with van der Waals surface area (Å²) < 4.78 is 10.4. The summed E-state index contributed by atoms with van der Waals surface area (Å²) in [4.78, 5) is 25.5. The Morgan fingerprint density at radius 1 is 0.557 bits per heavy atom. The van der Waals surface area contributed by atoms with Gasteiger partial charge in [0.25, 0.3) is 0 Å². The molecule has 6 aromatic rings. The number of anilines is 5. The maximum Gasteiger partial charge on any atom is 0.229 e. The van der Waals surface area contributed by atoms with Crippen LogP contribution in [0, 0.1) is 0 Å². The molecule has 8 rings (SSSR count). The Bertz CT molecular complexity index is 2280. The molecule has 0 atom stereocenters. The van der Waals surface area contributed by atoms with E-state index in [4.69, 9.17) is 54.2 Å². The van der Waals surface area contributed by atoms with Gasteiger partial charge >= 0.3 is 0 Å². The second kappa shape index (κ2) is 23.1. The minimum atomic E-state index is 0.362. The highest BCUT2D eigenvalue weighted by molar-refractivity contribution is 6.32. The minimum Gasteiger partial charge on any atom is -0.495 e. The van der Waals surface area contributed by atoms with Crippen molar-refractivity contribution in [2.45, 2.75) is 13.8 Å². The number of rotatable bonds is 11. The van der Waals surface area contributed by atoms with Crippen LogP contribution in [0.5, 0.6) is 11.5 Å². The van der Waals surface area contributed by atoms with Crippen molar-refractivity contribution in [1.82, 2.24) is 35.1 Å². The molecule has 0 bridgehead atoms. The number of ether oxygens (including phenoxy) is 2. The second-order valence-electron chi connectivity index (χ2n) is 14.1. The smallest absolute Gasteiger partial charge is 0.229 e. The molecule has 0 unspecified atom stereocenters. The molecule has 4 aromatic carbocycles. The summed E-state index contributed by atoms with van der Waals surface area (Å²) in [7, 11) is 3.17. The van der Waals surface area contributed by atoms with Crippen molar-refractivity contribution in [3.05, 3.63) is 124 Å². The molecule has 0 aliphatic carbocycles. The number of nitrogens with one attached hydrogen (secondary N) is 3. The van der Waals surface area contributed by atoms with Gasteiger partial charge in [-0.2, -0.15) is 4.98 Å². The fraction of sp³-hybridized carbons (Fsp3) is 0.304. The van der Waals surface area contributed by atoms with Crippen molar-refractivity contribution in [3.8, 4) is 34.0 Å². The molecule has 0 amide bonds. The van der Waals surface area contributed by atoms with E-state index >= 15 is 0 Å². The van der Waals surface area contributed by atoms with Crippen molar-refractivity contribution in [2.24, 2.45) is 0 Å². The van der Waals surface area contributed by atoms with Crippen molar-refractivity contribution in [3.63, 3.8) is 0 Å². The molecule has 0 radical (unpaired) electrons. The Kier molecular flexibility index (Phi) is 17.2. The van der Waals surface area contributed by atoms with Crippen LogP contribution >= 0.6 is 34.8 Å².